The number of fused-ring (bicyclic) bond motifs is 1. The molecule has 22 heavy (non-hydrogen) atoms. The Morgan fingerprint density at radius 3 is 3.00 bits per heavy atom. The van der Waals surface area contributed by atoms with E-state index >= 15 is 0 Å². The summed E-state index contributed by atoms with van der Waals surface area (Å²) in [5, 5.41) is 3.17. The molecule has 8 heteroatoms. The van der Waals surface area contributed by atoms with E-state index in [2.05, 4.69) is 25.0 Å². The summed E-state index contributed by atoms with van der Waals surface area (Å²) in [5.74, 6) is 0.355. The standard InChI is InChI=1S/C14H12ClN5O2/c1-22-12(21)7-17-14-16-6-9(15)13(19-14)20-8-18-10-4-2-3-5-11(10)20/h2-6,8H,7H2,1H3,(H,16,17,19). The number of halogens is 1. The third-order valence-corrected chi connectivity index (χ3v) is 3.29. The average Bonchev–Trinajstić information content (AvgIpc) is 2.97. The van der Waals surface area contributed by atoms with Gasteiger partial charge in [0.15, 0.2) is 5.82 Å². The molecule has 0 radical (unpaired) electrons. The Labute approximate surface area is 130 Å². The molecule has 0 saturated carbocycles. The third kappa shape index (κ3) is 2.71. The van der Waals surface area contributed by atoms with Gasteiger partial charge in [0.25, 0.3) is 0 Å². The smallest absolute Gasteiger partial charge is 0.325 e. The molecule has 0 aliphatic carbocycles. The van der Waals surface area contributed by atoms with Crippen LogP contribution in [0.5, 0.6) is 0 Å². The van der Waals surface area contributed by atoms with E-state index in [9.17, 15) is 4.79 Å². The molecule has 0 unspecified atom stereocenters. The lowest BCUT2D eigenvalue weighted by Crippen LogP contribution is -2.17. The molecule has 0 atom stereocenters. The maximum absolute atomic E-state index is 11.2. The van der Waals surface area contributed by atoms with Gasteiger partial charge in [0.05, 0.1) is 24.3 Å². The van der Waals surface area contributed by atoms with Crippen LogP contribution in [-0.2, 0) is 9.53 Å². The van der Waals surface area contributed by atoms with Crippen LogP contribution in [0.25, 0.3) is 16.9 Å². The van der Waals surface area contributed by atoms with Gasteiger partial charge in [-0.05, 0) is 12.1 Å². The molecule has 0 saturated heterocycles. The lowest BCUT2D eigenvalue weighted by molar-refractivity contribution is -0.138. The molecule has 2 heterocycles. The Morgan fingerprint density at radius 1 is 1.36 bits per heavy atom. The van der Waals surface area contributed by atoms with Gasteiger partial charge in [-0.2, -0.15) is 4.98 Å². The Bertz CT molecular complexity index is 833. The molecular weight excluding hydrogens is 306 g/mol. The molecule has 0 bridgehead atoms. The fourth-order valence-corrected chi connectivity index (χ4v) is 2.15. The molecule has 0 aliphatic rings. The van der Waals surface area contributed by atoms with Crippen LogP contribution in [0.15, 0.2) is 36.8 Å². The van der Waals surface area contributed by atoms with Crippen LogP contribution < -0.4 is 5.32 Å². The second-order valence-corrected chi connectivity index (χ2v) is 4.81. The molecular formula is C14H12ClN5O2. The van der Waals surface area contributed by atoms with Crippen molar-refractivity contribution in [3.8, 4) is 5.82 Å². The van der Waals surface area contributed by atoms with E-state index < -0.39 is 5.97 Å². The van der Waals surface area contributed by atoms with Gasteiger partial charge in [-0.25, -0.2) is 9.97 Å². The number of para-hydroxylation sites is 2. The predicted molar refractivity (Wildman–Crippen MR) is 82.2 cm³/mol. The van der Waals surface area contributed by atoms with E-state index in [0.717, 1.165) is 11.0 Å². The van der Waals surface area contributed by atoms with Crippen molar-refractivity contribution in [1.82, 2.24) is 19.5 Å². The summed E-state index contributed by atoms with van der Waals surface area (Å²) in [7, 11) is 1.32. The Kier molecular flexibility index (Phi) is 3.88. The number of anilines is 1. The molecule has 0 fully saturated rings. The minimum Gasteiger partial charge on any atom is -0.468 e. The number of esters is 1. The Balaban J connectivity index is 1.98. The summed E-state index contributed by atoms with van der Waals surface area (Å²) in [6.07, 6.45) is 3.11. The van der Waals surface area contributed by atoms with Crippen LogP contribution in [0.2, 0.25) is 5.02 Å². The summed E-state index contributed by atoms with van der Waals surface area (Å²) in [6.45, 7) is -0.0255. The molecule has 0 amide bonds. The van der Waals surface area contributed by atoms with Gasteiger partial charge in [-0.3, -0.25) is 9.36 Å². The van der Waals surface area contributed by atoms with Crippen molar-refractivity contribution < 1.29 is 9.53 Å². The van der Waals surface area contributed by atoms with E-state index in [1.54, 1.807) is 10.9 Å². The molecule has 0 spiro atoms. The predicted octanol–water partition coefficient (Wildman–Crippen LogP) is 2.05. The fourth-order valence-electron chi connectivity index (χ4n) is 1.96. The summed E-state index contributed by atoms with van der Waals surface area (Å²) in [5.41, 5.74) is 1.71. The van der Waals surface area contributed by atoms with Crippen LogP contribution in [0.1, 0.15) is 0 Å². The third-order valence-electron chi connectivity index (χ3n) is 3.03. The minimum absolute atomic E-state index is 0.0255. The van der Waals surface area contributed by atoms with Crippen LogP contribution >= 0.6 is 11.6 Å². The van der Waals surface area contributed by atoms with E-state index in [1.807, 2.05) is 24.3 Å². The van der Waals surface area contributed by atoms with Crippen LogP contribution in [0.3, 0.4) is 0 Å². The van der Waals surface area contributed by atoms with Crippen molar-refractivity contribution in [2.24, 2.45) is 0 Å². The normalized spacial score (nSPS) is 10.6. The minimum atomic E-state index is -0.409. The number of benzene rings is 1. The lowest BCUT2D eigenvalue weighted by Gasteiger charge is -2.08. The number of hydrogen-bond acceptors (Lipinski definition) is 6. The van der Waals surface area contributed by atoms with Crippen LogP contribution in [0.4, 0.5) is 5.95 Å². The molecule has 112 valence electrons. The van der Waals surface area contributed by atoms with Gasteiger partial charge in [-0.15, -0.1) is 0 Å². The number of carbonyl (C=O) groups excluding carboxylic acids is 1. The molecule has 7 nitrogen and oxygen atoms in total. The van der Waals surface area contributed by atoms with Crippen molar-refractivity contribution in [3.63, 3.8) is 0 Å². The highest BCUT2D eigenvalue weighted by Crippen LogP contribution is 2.23. The molecule has 0 aliphatic heterocycles. The van der Waals surface area contributed by atoms with Crippen LogP contribution in [-0.4, -0.2) is 39.1 Å². The van der Waals surface area contributed by atoms with Gasteiger partial charge in [0.1, 0.15) is 17.9 Å². The summed E-state index contributed by atoms with van der Waals surface area (Å²) < 4.78 is 6.32. The van der Waals surface area contributed by atoms with Gasteiger partial charge in [0.2, 0.25) is 5.95 Å². The number of hydrogen-bond donors (Lipinski definition) is 1. The molecule has 1 N–H and O–H groups in total. The van der Waals surface area contributed by atoms with Crippen molar-refractivity contribution in [2.45, 2.75) is 0 Å². The first-order chi connectivity index (χ1) is 10.7. The monoisotopic (exact) mass is 317 g/mol. The fraction of sp³-hybridized carbons (Fsp3) is 0.143. The zero-order valence-corrected chi connectivity index (χ0v) is 12.4. The second kappa shape index (κ2) is 5.98. The molecule has 3 aromatic rings. The Morgan fingerprint density at radius 2 is 2.18 bits per heavy atom. The lowest BCUT2D eigenvalue weighted by atomic mass is 10.3. The first-order valence-corrected chi connectivity index (χ1v) is 6.82. The zero-order chi connectivity index (χ0) is 15.5. The number of ether oxygens (including phenoxy) is 1. The SMILES string of the molecule is COC(=O)CNc1ncc(Cl)c(-n2cnc3ccccc32)n1. The summed E-state index contributed by atoms with van der Waals surface area (Å²) >= 11 is 6.19. The van der Waals surface area contributed by atoms with E-state index in [1.165, 1.54) is 13.3 Å². The highest BCUT2D eigenvalue weighted by molar-refractivity contribution is 6.32. The molecule has 1 aromatic carbocycles. The van der Waals surface area contributed by atoms with Crippen molar-refractivity contribution >= 4 is 34.6 Å². The van der Waals surface area contributed by atoms with Gasteiger partial charge in [0, 0.05) is 0 Å². The highest BCUT2D eigenvalue weighted by atomic mass is 35.5. The molecule has 2 aromatic heterocycles. The van der Waals surface area contributed by atoms with E-state index in [0.29, 0.717) is 10.8 Å². The van der Waals surface area contributed by atoms with Gasteiger partial charge >= 0.3 is 5.97 Å². The summed E-state index contributed by atoms with van der Waals surface area (Å²) in [4.78, 5) is 23.8. The number of carbonyl (C=O) groups is 1. The second-order valence-electron chi connectivity index (χ2n) is 4.40. The van der Waals surface area contributed by atoms with E-state index in [4.69, 9.17) is 11.6 Å². The average molecular weight is 318 g/mol. The largest absolute Gasteiger partial charge is 0.468 e. The van der Waals surface area contributed by atoms with E-state index in [-0.39, 0.29) is 12.5 Å². The summed E-state index contributed by atoms with van der Waals surface area (Å²) in [6, 6.07) is 7.64. The van der Waals surface area contributed by atoms with Crippen molar-refractivity contribution in [3.05, 3.63) is 41.8 Å². The van der Waals surface area contributed by atoms with Crippen LogP contribution in [0, 0.1) is 0 Å². The number of nitrogens with zero attached hydrogens (tertiary/aromatic N) is 4. The van der Waals surface area contributed by atoms with Gasteiger partial charge < -0.3 is 10.1 Å². The number of methoxy groups -OCH3 is 1. The van der Waals surface area contributed by atoms with Crippen molar-refractivity contribution in [1.29, 1.82) is 0 Å². The number of aromatic nitrogens is 4. The molecule has 3 rings (SSSR count). The first-order valence-electron chi connectivity index (χ1n) is 6.44. The Hall–Kier alpha value is -2.67. The maximum atomic E-state index is 11.2. The topological polar surface area (TPSA) is 81.9 Å². The maximum Gasteiger partial charge on any atom is 0.325 e. The number of nitrogens with one attached hydrogen (secondary N) is 1. The van der Waals surface area contributed by atoms with Crippen molar-refractivity contribution in [2.75, 3.05) is 19.0 Å². The number of imidazole rings is 1. The first kappa shape index (κ1) is 14.3. The number of rotatable bonds is 4. The highest BCUT2D eigenvalue weighted by Gasteiger charge is 2.11. The zero-order valence-electron chi connectivity index (χ0n) is 11.7. The quantitative estimate of drug-likeness (QED) is 0.742. The van der Waals surface area contributed by atoms with Gasteiger partial charge in [-0.1, -0.05) is 23.7 Å².